The van der Waals surface area contributed by atoms with Gasteiger partial charge < -0.3 is 43.6 Å². The number of carbonyl (C=O) groups excluding carboxylic acids is 4. The van der Waals surface area contributed by atoms with E-state index in [1.54, 1.807) is 13.8 Å². The van der Waals surface area contributed by atoms with Gasteiger partial charge in [0.1, 0.15) is 18.1 Å². The summed E-state index contributed by atoms with van der Waals surface area (Å²) in [6.07, 6.45) is 1.42. The number of guanidine groups is 1. The Morgan fingerprint density at radius 2 is 1.74 bits per heavy atom. The number of nitrogens with zero attached hydrogens (tertiary/aromatic N) is 2. The van der Waals surface area contributed by atoms with E-state index in [0.717, 1.165) is 0 Å². The zero-order valence-electron chi connectivity index (χ0n) is 20.2. The molecule has 35 heavy (non-hydrogen) atoms. The fourth-order valence-corrected chi connectivity index (χ4v) is 3.75. The molecule has 4 amide bonds. The molecule has 11 N–H and O–H groups in total. The van der Waals surface area contributed by atoms with Crippen LogP contribution in [0.25, 0.3) is 0 Å². The van der Waals surface area contributed by atoms with Crippen LogP contribution in [0.5, 0.6) is 0 Å². The van der Waals surface area contributed by atoms with Gasteiger partial charge in [-0.1, -0.05) is 13.8 Å². The van der Waals surface area contributed by atoms with Gasteiger partial charge in [-0.3, -0.25) is 24.2 Å². The summed E-state index contributed by atoms with van der Waals surface area (Å²) in [6.45, 7) is 4.06. The molecule has 0 aliphatic carbocycles. The van der Waals surface area contributed by atoms with E-state index in [4.69, 9.17) is 22.9 Å². The van der Waals surface area contributed by atoms with Crippen molar-refractivity contribution >= 4 is 35.6 Å². The highest BCUT2D eigenvalue weighted by Crippen LogP contribution is 2.20. The highest BCUT2D eigenvalue weighted by molar-refractivity contribution is 5.94. The van der Waals surface area contributed by atoms with Crippen molar-refractivity contribution < 1.29 is 29.1 Å². The van der Waals surface area contributed by atoms with Gasteiger partial charge in [-0.15, -0.1) is 0 Å². The van der Waals surface area contributed by atoms with E-state index < -0.39 is 47.9 Å². The number of carboxylic acid groups (broad SMARTS) is 1. The molecule has 1 aliphatic rings. The molecule has 4 atom stereocenters. The smallest absolute Gasteiger partial charge is 0.326 e. The maximum absolute atomic E-state index is 13.0. The highest BCUT2D eigenvalue weighted by Gasteiger charge is 2.38. The summed E-state index contributed by atoms with van der Waals surface area (Å²) >= 11 is 0. The van der Waals surface area contributed by atoms with Crippen molar-refractivity contribution in [3.05, 3.63) is 0 Å². The number of hydrogen-bond donors (Lipinski definition) is 7. The molecule has 0 aromatic carbocycles. The number of primary amides is 1. The summed E-state index contributed by atoms with van der Waals surface area (Å²) in [5.74, 6) is -4.07. The highest BCUT2D eigenvalue weighted by atomic mass is 16.4. The SMILES string of the molecule is CC(C)C(NC(=O)C1CCCN1C(=O)C(N)CCCN=C(N)N)C(=O)NC(CCC(N)=O)C(=O)O. The van der Waals surface area contributed by atoms with Gasteiger partial charge in [0.15, 0.2) is 5.96 Å². The molecule has 0 spiro atoms. The van der Waals surface area contributed by atoms with E-state index in [9.17, 15) is 29.1 Å². The minimum absolute atomic E-state index is 0.0486. The van der Waals surface area contributed by atoms with Gasteiger partial charge in [0.2, 0.25) is 23.6 Å². The molecule has 0 bridgehead atoms. The van der Waals surface area contributed by atoms with Crippen LogP contribution in [-0.4, -0.2) is 82.8 Å². The number of amides is 4. The molecule has 1 fully saturated rings. The Hall–Kier alpha value is -3.42. The maximum Gasteiger partial charge on any atom is 0.326 e. The lowest BCUT2D eigenvalue weighted by molar-refractivity contribution is -0.143. The summed E-state index contributed by atoms with van der Waals surface area (Å²) in [5, 5.41) is 14.3. The van der Waals surface area contributed by atoms with Crippen LogP contribution in [0.15, 0.2) is 4.99 Å². The predicted molar refractivity (Wildman–Crippen MR) is 127 cm³/mol. The average molecular weight is 499 g/mol. The second kappa shape index (κ2) is 14.1. The predicted octanol–water partition coefficient (Wildman–Crippen LogP) is -2.67. The third-order valence-corrected chi connectivity index (χ3v) is 5.66. The number of rotatable bonds is 14. The normalized spacial score (nSPS) is 17.8. The molecule has 0 aromatic rings. The van der Waals surface area contributed by atoms with Crippen molar-refractivity contribution in [3.63, 3.8) is 0 Å². The molecule has 0 aromatic heterocycles. The van der Waals surface area contributed by atoms with Crippen LogP contribution in [0.2, 0.25) is 0 Å². The summed E-state index contributed by atoms with van der Waals surface area (Å²) in [7, 11) is 0. The van der Waals surface area contributed by atoms with Crippen molar-refractivity contribution in [3.8, 4) is 0 Å². The number of carbonyl (C=O) groups is 5. The van der Waals surface area contributed by atoms with Crippen LogP contribution in [-0.2, 0) is 24.0 Å². The Morgan fingerprint density at radius 1 is 1.09 bits per heavy atom. The average Bonchev–Trinajstić information content (AvgIpc) is 3.26. The first kappa shape index (κ1) is 29.6. The van der Waals surface area contributed by atoms with Crippen molar-refractivity contribution in [2.24, 2.45) is 33.8 Å². The van der Waals surface area contributed by atoms with Crippen LogP contribution in [0, 0.1) is 5.92 Å². The lowest BCUT2D eigenvalue weighted by Gasteiger charge is -2.29. The fraction of sp³-hybridized carbons (Fsp3) is 0.714. The maximum atomic E-state index is 13.0. The van der Waals surface area contributed by atoms with Gasteiger partial charge in [-0.25, -0.2) is 4.79 Å². The van der Waals surface area contributed by atoms with Gasteiger partial charge >= 0.3 is 5.97 Å². The largest absolute Gasteiger partial charge is 0.480 e. The van der Waals surface area contributed by atoms with Crippen LogP contribution in [0.1, 0.15) is 52.4 Å². The Balaban J connectivity index is 2.80. The lowest BCUT2D eigenvalue weighted by atomic mass is 10.0. The summed E-state index contributed by atoms with van der Waals surface area (Å²) in [5.41, 5.74) is 21.6. The van der Waals surface area contributed by atoms with Gasteiger partial charge in [0, 0.05) is 19.5 Å². The molecule has 14 heteroatoms. The molecule has 0 radical (unpaired) electrons. The Bertz CT molecular complexity index is 814. The minimum atomic E-state index is -1.34. The molecule has 1 heterocycles. The number of aliphatic carboxylic acids is 1. The fourth-order valence-electron chi connectivity index (χ4n) is 3.75. The van der Waals surface area contributed by atoms with Crippen molar-refractivity contribution in [1.82, 2.24) is 15.5 Å². The van der Waals surface area contributed by atoms with Gasteiger partial charge in [-0.2, -0.15) is 0 Å². The Labute approximate surface area is 204 Å². The van der Waals surface area contributed by atoms with Crippen LogP contribution >= 0.6 is 0 Å². The second-order valence-electron chi connectivity index (χ2n) is 8.88. The first-order valence-corrected chi connectivity index (χ1v) is 11.6. The number of likely N-dealkylation sites (tertiary alicyclic amines) is 1. The van der Waals surface area contributed by atoms with Crippen LogP contribution in [0.3, 0.4) is 0 Å². The molecule has 1 rings (SSSR count). The standard InChI is InChI=1S/C21H38N8O6/c1-11(2)16(18(32)27-13(20(34)35)7-8-15(23)30)28-17(31)14-6-4-10-29(14)19(33)12(22)5-3-9-26-21(24)25/h11-14,16H,3-10,22H2,1-2H3,(H2,23,30)(H,27,32)(H,28,31)(H,34,35)(H4,24,25,26). The summed E-state index contributed by atoms with van der Waals surface area (Å²) in [4.78, 5) is 66.3. The molecule has 198 valence electrons. The van der Waals surface area contributed by atoms with E-state index in [1.807, 2.05) is 0 Å². The van der Waals surface area contributed by atoms with E-state index in [0.29, 0.717) is 38.8 Å². The van der Waals surface area contributed by atoms with E-state index in [-0.39, 0.29) is 30.6 Å². The Morgan fingerprint density at radius 3 is 2.29 bits per heavy atom. The molecule has 1 saturated heterocycles. The third kappa shape index (κ3) is 9.76. The quantitative estimate of drug-likeness (QED) is 0.0748. The van der Waals surface area contributed by atoms with Crippen LogP contribution < -0.4 is 33.6 Å². The van der Waals surface area contributed by atoms with Gasteiger partial charge in [0.25, 0.3) is 0 Å². The Kier molecular flexibility index (Phi) is 11.9. The summed E-state index contributed by atoms with van der Waals surface area (Å²) < 4.78 is 0. The number of hydrogen-bond acceptors (Lipinski definition) is 7. The first-order valence-electron chi connectivity index (χ1n) is 11.6. The molecule has 1 aliphatic heterocycles. The summed E-state index contributed by atoms with van der Waals surface area (Å²) in [6, 6.07) is -4.02. The lowest BCUT2D eigenvalue weighted by Crippen LogP contribution is -2.58. The second-order valence-corrected chi connectivity index (χ2v) is 8.88. The monoisotopic (exact) mass is 498 g/mol. The van der Waals surface area contributed by atoms with E-state index in [2.05, 4.69) is 15.6 Å². The number of nitrogens with one attached hydrogen (secondary N) is 2. The van der Waals surface area contributed by atoms with Gasteiger partial charge in [0.05, 0.1) is 6.04 Å². The topological polar surface area (TPSA) is 249 Å². The zero-order chi connectivity index (χ0) is 26.7. The van der Waals surface area contributed by atoms with E-state index in [1.165, 1.54) is 4.90 Å². The van der Waals surface area contributed by atoms with Crippen LogP contribution in [0.4, 0.5) is 0 Å². The molecule has 14 nitrogen and oxygen atoms in total. The minimum Gasteiger partial charge on any atom is -0.480 e. The number of nitrogens with two attached hydrogens (primary N) is 4. The van der Waals surface area contributed by atoms with Crippen molar-refractivity contribution in [2.45, 2.75) is 76.5 Å². The first-order chi connectivity index (χ1) is 16.3. The number of carboxylic acids is 1. The van der Waals surface area contributed by atoms with E-state index >= 15 is 0 Å². The zero-order valence-corrected chi connectivity index (χ0v) is 20.2. The third-order valence-electron chi connectivity index (χ3n) is 5.66. The van der Waals surface area contributed by atoms with Crippen molar-refractivity contribution in [2.75, 3.05) is 13.1 Å². The molecular weight excluding hydrogens is 460 g/mol. The van der Waals surface area contributed by atoms with Gasteiger partial charge in [-0.05, 0) is 38.0 Å². The van der Waals surface area contributed by atoms with Crippen molar-refractivity contribution in [1.29, 1.82) is 0 Å². The molecule has 4 unspecified atom stereocenters. The molecular formula is C21H38N8O6. The molecule has 0 saturated carbocycles. The number of aliphatic imine (C=N–C) groups is 1.